The van der Waals surface area contributed by atoms with Crippen molar-refractivity contribution in [2.24, 2.45) is 0 Å². The van der Waals surface area contributed by atoms with E-state index in [0.717, 1.165) is 19.6 Å². The number of phenols is 1. The van der Waals surface area contributed by atoms with Crippen molar-refractivity contribution in [3.63, 3.8) is 0 Å². The third kappa shape index (κ3) is 2.37. The zero-order valence-corrected chi connectivity index (χ0v) is 9.57. The molecule has 5 heteroatoms. The lowest BCUT2D eigenvalue weighted by Crippen LogP contribution is -2.42. The van der Waals surface area contributed by atoms with Gasteiger partial charge >= 0.3 is 0 Å². The standard InChI is InChI=1S/C10H12Cl2N2O/c11-6-3-7(12)10(9(15)4-6)8-5-13-1-2-14-8/h3-4,8,13-15H,1-2,5H2/t8-/m1/s1. The Balaban J connectivity index is 2.33. The normalized spacial score (nSPS) is 21.6. The van der Waals surface area contributed by atoms with E-state index >= 15 is 0 Å². The maximum Gasteiger partial charge on any atom is 0.123 e. The number of aromatic hydroxyl groups is 1. The van der Waals surface area contributed by atoms with Crippen LogP contribution in [0.2, 0.25) is 10.0 Å². The molecule has 1 saturated heterocycles. The van der Waals surface area contributed by atoms with Crippen molar-refractivity contribution >= 4 is 23.2 Å². The molecule has 1 aliphatic rings. The minimum atomic E-state index is 0.0449. The van der Waals surface area contributed by atoms with Gasteiger partial charge in [0.05, 0.1) is 5.02 Å². The molecule has 1 heterocycles. The first-order valence-corrected chi connectivity index (χ1v) is 5.56. The van der Waals surface area contributed by atoms with Crippen molar-refractivity contribution in [1.29, 1.82) is 0 Å². The van der Waals surface area contributed by atoms with E-state index in [9.17, 15) is 5.11 Å². The number of nitrogens with one attached hydrogen (secondary N) is 2. The Bertz CT molecular complexity index is 341. The zero-order valence-electron chi connectivity index (χ0n) is 8.06. The van der Waals surface area contributed by atoms with Gasteiger partial charge in [0.2, 0.25) is 0 Å². The van der Waals surface area contributed by atoms with E-state index in [2.05, 4.69) is 10.6 Å². The van der Waals surface area contributed by atoms with Crippen LogP contribution in [0.5, 0.6) is 5.75 Å². The van der Waals surface area contributed by atoms with Gasteiger partial charge in [-0.15, -0.1) is 0 Å². The highest BCUT2D eigenvalue weighted by molar-refractivity contribution is 6.35. The molecule has 0 saturated carbocycles. The summed E-state index contributed by atoms with van der Waals surface area (Å²) >= 11 is 11.8. The molecule has 1 aliphatic heterocycles. The van der Waals surface area contributed by atoms with E-state index < -0.39 is 0 Å². The van der Waals surface area contributed by atoms with Crippen LogP contribution in [0, 0.1) is 0 Å². The summed E-state index contributed by atoms with van der Waals surface area (Å²) in [5.74, 6) is 0.147. The Kier molecular flexibility index (Phi) is 3.36. The monoisotopic (exact) mass is 246 g/mol. The summed E-state index contributed by atoms with van der Waals surface area (Å²) in [7, 11) is 0. The molecule has 1 aromatic rings. The average molecular weight is 247 g/mol. The van der Waals surface area contributed by atoms with Crippen LogP contribution in [0.4, 0.5) is 0 Å². The second-order valence-corrected chi connectivity index (χ2v) is 4.37. The van der Waals surface area contributed by atoms with Crippen LogP contribution < -0.4 is 10.6 Å². The largest absolute Gasteiger partial charge is 0.507 e. The second-order valence-electron chi connectivity index (χ2n) is 3.53. The number of hydrogen-bond acceptors (Lipinski definition) is 3. The van der Waals surface area contributed by atoms with Crippen molar-refractivity contribution in [3.8, 4) is 5.75 Å². The molecular weight excluding hydrogens is 235 g/mol. The van der Waals surface area contributed by atoms with Crippen LogP contribution >= 0.6 is 23.2 Å². The van der Waals surface area contributed by atoms with Crippen LogP contribution in [0.1, 0.15) is 11.6 Å². The Morgan fingerprint density at radius 3 is 2.67 bits per heavy atom. The highest BCUT2D eigenvalue weighted by atomic mass is 35.5. The molecule has 3 N–H and O–H groups in total. The van der Waals surface area contributed by atoms with Crippen molar-refractivity contribution in [3.05, 3.63) is 27.7 Å². The van der Waals surface area contributed by atoms with E-state index in [0.29, 0.717) is 15.6 Å². The Morgan fingerprint density at radius 1 is 1.27 bits per heavy atom. The van der Waals surface area contributed by atoms with E-state index in [4.69, 9.17) is 23.2 Å². The minimum absolute atomic E-state index is 0.0449. The van der Waals surface area contributed by atoms with Gasteiger partial charge in [-0.25, -0.2) is 0 Å². The van der Waals surface area contributed by atoms with Crippen LogP contribution in [-0.2, 0) is 0 Å². The molecule has 2 rings (SSSR count). The van der Waals surface area contributed by atoms with E-state index in [1.807, 2.05) is 0 Å². The van der Waals surface area contributed by atoms with Gasteiger partial charge in [0.25, 0.3) is 0 Å². The number of rotatable bonds is 1. The summed E-state index contributed by atoms with van der Waals surface area (Å²) in [6.45, 7) is 2.56. The van der Waals surface area contributed by atoms with Crippen LogP contribution in [-0.4, -0.2) is 24.7 Å². The highest BCUT2D eigenvalue weighted by Crippen LogP contribution is 2.34. The van der Waals surface area contributed by atoms with Crippen LogP contribution in [0.15, 0.2) is 12.1 Å². The third-order valence-electron chi connectivity index (χ3n) is 2.46. The third-order valence-corrected chi connectivity index (χ3v) is 2.99. The van der Waals surface area contributed by atoms with Gasteiger partial charge in [0.15, 0.2) is 0 Å². The molecule has 1 atom stereocenters. The first kappa shape index (κ1) is 11.0. The number of phenolic OH excluding ortho intramolecular Hbond substituents is 1. The average Bonchev–Trinajstić information content (AvgIpc) is 2.17. The molecule has 0 radical (unpaired) electrons. The molecule has 1 fully saturated rings. The molecule has 0 aliphatic carbocycles. The summed E-state index contributed by atoms with van der Waals surface area (Å²) in [4.78, 5) is 0. The molecule has 0 bridgehead atoms. The lowest BCUT2D eigenvalue weighted by Gasteiger charge is -2.26. The second kappa shape index (κ2) is 4.58. The van der Waals surface area contributed by atoms with Crippen molar-refractivity contribution in [1.82, 2.24) is 10.6 Å². The number of benzene rings is 1. The number of piperazine rings is 1. The van der Waals surface area contributed by atoms with Crippen LogP contribution in [0.25, 0.3) is 0 Å². The van der Waals surface area contributed by atoms with Gasteiger partial charge in [-0.1, -0.05) is 23.2 Å². The van der Waals surface area contributed by atoms with E-state index in [1.165, 1.54) is 6.07 Å². The molecule has 15 heavy (non-hydrogen) atoms. The molecule has 0 aromatic heterocycles. The minimum Gasteiger partial charge on any atom is -0.507 e. The fraction of sp³-hybridized carbons (Fsp3) is 0.400. The molecule has 0 spiro atoms. The van der Waals surface area contributed by atoms with Gasteiger partial charge in [0.1, 0.15) is 5.75 Å². The summed E-state index contributed by atoms with van der Waals surface area (Å²) in [6, 6.07) is 3.21. The Morgan fingerprint density at radius 2 is 2.07 bits per heavy atom. The van der Waals surface area contributed by atoms with Gasteiger partial charge < -0.3 is 15.7 Å². The van der Waals surface area contributed by atoms with Crippen molar-refractivity contribution in [2.45, 2.75) is 6.04 Å². The molecule has 0 unspecified atom stereocenters. The summed E-state index contributed by atoms with van der Waals surface area (Å²) in [5, 5.41) is 17.3. The topological polar surface area (TPSA) is 44.3 Å². The predicted octanol–water partition coefficient (Wildman–Crippen LogP) is 1.93. The highest BCUT2D eigenvalue weighted by Gasteiger charge is 2.20. The van der Waals surface area contributed by atoms with Gasteiger partial charge in [-0.3, -0.25) is 0 Å². The van der Waals surface area contributed by atoms with Gasteiger partial charge in [-0.05, 0) is 12.1 Å². The Hall–Kier alpha value is -0.480. The molecule has 1 aromatic carbocycles. The predicted molar refractivity (Wildman–Crippen MR) is 61.7 cm³/mol. The molecule has 0 amide bonds. The zero-order chi connectivity index (χ0) is 10.8. The fourth-order valence-corrected chi connectivity index (χ4v) is 2.39. The number of hydrogen-bond donors (Lipinski definition) is 3. The van der Waals surface area contributed by atoms with Gasteiger partial charge in [0, 0.05) is 36.3 Å². The van der Waals surface area contributed by atoms with Crippen molar-refractivity contribution in [2.75, 3.05) is 19.6 Å². The van der Waals surface area contributed by atoms with Gasteiger partial charge in [-0.2, -0.15) is 0 Å². The Labute approximate surface area is 98.4 Å². The molecule has 3 nitrogen and oxygen atoms in total. The first-order valence-electron chi connectivity index (χ1n) is 4.80. The maximum absolute atomic E-state index is 9.79. The van der Waals surface area contributed by atoms with E-state index in [-0.39, 0.29) is 11.8 Å². The summed E-state index contributed by atoms with van der Waals surface area (Å²) in [5.41, 5.74) is 0.716. The lowest BCUT2D eigenvalue weighted by molar-refractivity contribution is 0.404. The van der Waals surface area contributed by atoms with E-state index in [1.54, 1.807) is 6.07 Å². The SMILES string of the molecule is Oc1cc(Cl)cc(Cl)c1[C@H]1CNCCN1. The number of halogens is 2. The smallest absolute Gasteiger partial charge is 0.123 e. The van der Waals surface area contributed by atoms with Crippen molar-refractivity contribution < 1.29 is 5.11 Å². The fourth-order valence-electron chi connectivity index (χ4n) is 1.77. The summed E-state index contributed by atoms with van der Waals surface area (Å²) < 4.78 is 0. The summed E-state index contributed by atoms with van der Waals surface area (Å²) in [6.07, 6.45) is 0. The maximum atomic E-state index is 9.79. The quantitative estimate of drug-likeness (QED) is 0.710. The van der Waals surface area contributed by atoms with Crippen LogP contribution in [0.3, 0.4) is 0 Å². The lowest BCUT2D eigenvalue weighted by atomic mass is 10.0. The molecular formula is C10H12Cl2N2O. The first-order chi connectivity index (χ1) is 7.18. The molecule has 82 valence electrons.